The van der Waals surface area contributed by atoms with Gasteiger partial charge in [0.05, 0.1) is 14.2 Å². The summed E-state index contributed by atoms with van der Waals surface area (Å²) in [5, 5.41) is 2.68. The Bertz CT molecular complexity index is 779. The first-order valence-electron chi connectivity index (χ1n) is 7.36. The summed E-state index contributed by atoms with van der Waals surface area (Å²) < 4.78 is 11.4. The number of aryl methyl sites for hydroxylation is 1. The van der Waals surface area contributed by atoms with Crippen molar-refractivity contribution in [2.45, 2.75) is 19.9 Å². The first kappa shape index (κ1) is 17.3. The molecule has 0 atom stereocenters. The number of nitrogens with one attached hydrogen (secondary N) is 1. The molecule has 24 heavy (non-hydrogen) atoms. The molecular weight excluding hydrogens is 312 g/mol. The monoisotopic (exact) mass is 332 g/mol. The molecule has 1 amide bonds. The Balaban J connectivity index is 2.18. The van der Waals surface area contributed by atoms with E-state index in [1.165, 1.54) is 20.3 Å². The molecule has 3 N–H and O–H groups in total. The summed E-state index contributed by atoms with van der Waals surface area (Å²) in [6.45, 7) is 1.63. The van der Waals surface area contributed by atoms with Crippen LogP contribution in [0.3, 0.4) is 0 Å². The van der Waals surface area contributed by atoms with Crippen LogP contribution >= 0.6 is 0 Å². The topological polar surface area (TPSA) is 108 Å². The van der Waals surface area contributed by atoms with Gasteiger partial charge in [0, 0.05) is 35.6 Å². The van der Waals surface area contributed by atoms with Gasteiger partial charge in [0.1, 0.15) is 18.0 Å². The molecule has 8 heteroatoms. The molecule has 0 radical (unpaired) electrons. The minimum Gasteiger partial charge on any atom is -0.497 e. The van der Waals surface area contributed by atoms with E-state index in [4.69, 9.17) is 15.2 Å². The Labute approximate surface area is 139 Å². The Morgan fingerprint density at radius 2 is 1.83 bits per heavy atom. The van der Waals surface area contributed by atoms with Crippen LogP contribution in [-0.4, -0.2) is 29.7 Å². The molecule has 0 aliphatic carbocycles. The number of nitrogens with zero attached hydrogens (tertiary/aromatic N) is 2. The summed E-state index contributed by atoms with van der Waals surface area (Å²) in [5.41, 5.74) is 6.48. The number of anilines is 2. The van der Waals surface area contributed by atoms with E-state index in [1.54, 1.807) is 18.2 Å². The van der Waals surface area contributed by atoms with Crippen LogP contribution in [0.25, 0.3) is 0 Å². The van der Waals surface area contributed by atoms with Crippen LogP contribution in [0.1, 0.15) is 12.6 Å². The van der Waals surface area contributed by atoms with Gasteiger partial charge in [0.25, 0.3) is 5.56 Å². The highest BCUT2D eigenvalue weighted by Gasteiger charge is 2.11. The van der Waals surface area contributed by atoms with Crippen molar-refractivity contribution in [2.75, 3.05) is 25.3 Å². The van der Waals surface area contributed by atoms with Crippen molar-refractivity contribution in [3.05, 3.63) is 40.3 Å². The van der Waals surface area contributed by atoms with Gasteiger partial charge in [-0.15, -0.1) is 0 Å². The smallest absolute Gasteiger partial charge is 0.255 e. The van der Waals surface area contributed by atoms with Crippen LogP contribution in [-0.2, 0) is 17.8 Å². The molecule has 0 bridgehead atoms. The second-order valence-electron chi connectivity index (χ2n) is 5.03. The fourth-order valence-corrected chi connectivity index (χ4v) is 2.14. The summed E-state index contributed by atoms with van der Waals surface area (Å²) in [5.74, 6) is 0.675. The van der Waals surface area contributed by atoms with Crippen LogP contribution in [0.4, 0.5) is 11.6 Å². The van der Waals surface area contributed by atoms with Crippen molar-refractivity contribution < 1.29 is 14.3 Å². The number of carbonyl (C=O) groups is 1. The van der Waals surface area contributed by atoms with E-state index in [-0.39, 0.29) is 18.1 Å². The van der Waals surface area contributed by atoms with Gasteiger partial charge in [-0.05, 0) is 6.42 Å². The maximum Gasteiger partial charge on any atom is 0.255 e. The third-order valence-corrected chi connectivity index (χ3v) is 3.39. The standard InChI is InChI=1S/C16H20N4O4/c1-4-10-7-15(22)20(16(17)19-10)9-14(21)18-11-5-12(23-2)8-13(6-11)24-3/h5-8H,4,9H2,1-3H3,(H2,17,19)(H,18,21). The van der Waals surface area contributed by atoms with E-state index in [2.05, 4.69) is 10.3 Å². The normalized spacial score (nSPS) is 10.3. The molecule has 0 saturated carbocycles. The van der Waals surface area contributed by atoms with Crippen molar-refractivity contribution in [3.63, 3.8) is 0 Å². The summed E-state index contributed by atoms with van der Waals surface area (Å²) in [7, 11) is 3.03. The molecule has 1 aromatic carbocycles. The average molecular weight is 332 g/mol. The number of aromatic nitrogens is 2. The number of nitrogens with two attached hydrogens (primary N) is 1. The van der Waals surface area contributed by atoms with Crippen LogP contribution in [0.2, 0.25) is 0 Å². The van der Waals surface area contributed by atoms with E-state index >= 15 is 0 Å². The SMILES string of the molecule is CCc1cc(=O)n(CC(=O)Nc2cc(OC)cc(OC)c2)c(N)n1. The molecule has 2 rings (SSSR count). The maximum absolute atomic E-state index is 12.2. The van der Waals surface area contributed by atoms with Crippen molar-refractivity contribution in [3.8, 4) is 11.5 Å². The molecule has 0 saturated heterocycles. The van der Waals surface area contributed by atoms with Gasteiger partial charge in [-0.25, -0.2) is 4.98 Å². The number of nitrogen functional groups attached to an aromatic ring is 1. The molecular formula is C16H20N4O4. The lowest BCUT2D eigenvalue weighted by atomic mass is 10.2. The van der Waals surface area contributed by atoms with Crippen LogP contribution in [0.5, 0.6) is 11.5 Å². The summed E-state index contributed by atoms with van der Waals surface area (Å²) in [6, 6.07) is 6.35. The van der Waals surface area contributed by atoms with Crippen molar-refractivity contribution in [2.24, 2.45) is 0 Å². The zero-order valence-corrected chi connectivity index (χ0v) is 13.8. The average Bonchev–Trinajstić information content (AvgIpc) is 2.57. The minimum absolute atomic E-state index is 0.0118. The Morgan fingerprint density at radius 3 is 2.33 bits per heavy atom. The lowest BCUT2D eigenvalue weighted by molar-refractivity contribution is -0.116. The van der Waals surface area contributed by atoms with E-state index in [0.29, 0.717) is 29.3 Å². The Morgan fingerprint density at radius 1 is 1.21 bits per heavy atom. The molecule has 0 aliphatic rings. The van der Waals surface area contributed by atoms with Gasteiger partial charge in [-0.1, -0.05) is 6.92 Å². The highest BCUT2D eigenvalue weighted by Crippen LogP contribution is 2.25. The number of benzene rings is 1. The number of amides is 1. The van der Waals surface area contributed by atoms with Crippen molar-refractivity contribution >= 4 is 17.5 Å². The highest BCUT2D eigenvalue weighted by molar-refractivity contribution is 5.91. The third-order valence-electron chi connectivity index (χ3n) is 3.39. The Kier molecular flexibility index (Phi) is 5.41. The van der Waals surface area contributed by atoms with Crippen molar-refractivity contribution in [1.82, 2.24) is 9.55 Å². The number of ether oxygens (including phenoxy) is 2. The zero-order chi connectivity index (χ0) is 17.7. The number of carbonyl (C=O) groups excluding carboxylic acids is 1. The zero-order valence-electron chi connectivity index (χ0n) is 13.8. The predicted molar refractivity (Wildman–Crippen MR) is 90.5 cm³/mol. The predicted octanol–water partition coefficient (Wildman–Crippen LogP) is 1.04. The third kappa shape index (κ3) is 4.03. The van der Waals surface area contributed by atoms with Gasteiger partial charge in [-0.3, -0.25) is 14.2 Å². The molecule has 2 aromatic rings. The highest BCUT2D eigenvalue weighted by atomic mass is 16.5. The number of hydrogen-bond donors (Lipinski definition) is 2. The van der Waals surface area contributed by atoms with Gasteiger partial charge >= 0.3 is 0 Å². The molecule has 1 heterocycles. The number of rotatable bonds is 6. The molecule has 0 spiro atoms. The van der Waals surface area contributed by atoms with E-state index in [1.807, 2.05) is 6.92 Å². The van der Waals surface area contributed by atoms with Gasteiger partial charge in [0.15, 0.2) is 0 Å². The largest absolute Gasteiger partial charge is 0.497 e. The molecule has 0 unspecified atom stereocenters. The quantitative estimate of drug-likeness (QED) is 0.818. The minimum atomic E-state index is -0.412. The van der Waals surface area contributed by atoms with Crippen LogP contribution in [0.15, 0.2) is 29.1 Å². The molecule has 8 nitrogen and oxygen atoms in total. The number of hydrogen-bond acceptors (Lipinski definition) is 6. The summed E-state index contributed by atoms with van der Waals surface area (Å²) in [4.78, 5) is 28.3. The first-order valence-corrected chi connectivity index (χ1v) is 7.36. The fourth-order valence-electron chi connectivity index (χ4n) is 2.14. The van der Waals surface area contributed by atoms with E-state index in [0.717, 1.165) is 4.57 Å². The lowest BCUT2D eigenvalue weighted by Gasteiger charge is -2.12. The van der Waals surface area contributed by atoms with Crippen LogP contribution < -0.4 is 26.1 Å². The second-order valence-corrected chi connectivity index (χ2v) is 5.03. The van der Waals surface area contributed by atoms with Crippen molar-refractivity contribution in [1.29, 1.82) is 0 Å². The molecule has 0 aliphatic heterocycles. The molecule has 128 valence electrons. The number of methoxy groups -OCH3 is 2. The van der Waals surface area contributed by atoms with E-state index in [9.17, 15) is 9.59 Å². The lowest BCUT2D eigenvalue weighted by Crippen LogP contribution is -2.30. The fraction of sp³-hybridized carbons (Fsp3) is 0.312. The van der Waals surface area contributed by atoms with Gasteiger partial charge in [-0.2, -0.15) is 0 Å². The summed E-state index contributed by atoms with van der Waals surface area (Å²) >= 11 is 0. The second kappa shape index (κ2) is 7.49. The van der Waals surface area contributed by atoms with Gasteiger partial charge < -0.3 is 20.5 Å². The first-order chi connectivity index (χ1) is 11.5. The Hall–Kier alpha value is -3.03. The van der Waals surface area contributed by atoms with Gasteiger partial charge in [0.2, 0.25) is 11.9 Å². The maximum atomic E-state index is 12.2. The molecule has 0 fully saturated rings. The van der Waals surface area contributed by atoms with E-state index < -0.39 is 5.91 Å². The molecule has 1 aromatic heterocycles. The van der Waals surface area contributed by atoms with Crippen LogP contribution in [0, 0.1) is 0 Å². The summed E-state index contributed by atoms with van der Waals surface area (Å²) in [6.07, 6.45) is 0.593.